The zero-order chi connectivity index (χ0) is 13.1. The van der Waals surface area contributed by atoms with Crippen LogP contribution in [0.15, 0.2) is 23.4 Å². The standard InChI is InChI=1S/C10H15ClN2O3S/c1-10(2,4-6-14)13-17(15,16)9-7-12-5-3-8(9)11/h3,5,7,13-14H,4,6H2,1-2H3. The molecule has 0 spiro atoms. The molecule has 0 radical (unpaired) electrons. The summed E-state index contributed by atoms with van der Waals surface area (Å²) in [5, 5.41) is 8.97. The van der Waals surface area contributed by atoms with Gasteiger partial charge >= 0.3 is 0 Å². The molecule has 0 atom stereocenters. The van der Waals surface area contributed by atoms with E-state index in [0.717, 1.165) is 0 Å². The van der Waals surface area contributed by atoms with Gasteiger partial charge < -0.3 is 5.11 Å². The molecule has 1 rings (SSSR count). The molecule has 0 saturated carbocycles. The monoisotopic (exact) mass is 278 g/mol. The van der Waals surface area contributed by atoms with E-state index in [1.807, 2.05) is 0 Å². The molecule has 5 nitrogen and oxygen atoms in total. The Balaban J connectivity index is 3.02. The van der Waals surface area contributed by atoms with Gasteiger partial charge in [-0.3, -0.25) is 4.98 Å². The summed E-state index contributed by atoms with van der Waals surface area (Å²) in [6.45, 7) is 3.27. The molecule has 1 heterocycles. The van der Waals surface area contributed by atoms with Crippen LogP contribution in [-0.2, 0) is 10.0 Å². The molecular formula is C10H15ClN2O3S. The Morgan fingerprint density at radius 1 is 1.53 bits per heavy atom. The predicted molar refractivity (Wildman–Crippen MR) is 65.4 cm³/mol. The van der Waals surface area contributed by atoms with E-state index >= 15 is 0 Å². The molecule has 0 fully saturated rings. The Labute approximate surface area is 106 Å². The highest BCUT2D eigenvalue weighted by atomic mass is 35.5. The summed E-state index contributed by atoms with van der Waals surface area (Å²) in [6.07, 6.45) is 2.92. The molecular weight excluding hydrogens is 264 g/mol. The number of aliphatic hydroxyl groups is 1. The molecule has 17 heavy (non-hydrogen) atoms. The SMILES string of the molecule is CC(C)(CCO)NS(=O)(=O)c1cnccc1Cl. The minimum atomic E-state index is -3.73. The second kappa shape index (κ2) is 5.30. The third kappa shape index (κ3) is 3.92. The topological polar surface area (TPSA) is 79.3 Å². The Hall–Kier alpha value is -0.690. The highest BCUT2D eigenvalue weighted by molar-refractivity contribution is 7.89. The Kier molecular flexibility index (Phi) is 4.48. The molecule has 0 unspecified atom stereocenters. The zero-order valence-corrected chi connectivity index (χ0v) is 11.2. The van der Waals surface area contributed by atoms with E-state index < -0.39 is 15.6 Å². The number of halogens is 1. The smallest absolute Gasteiger partial charge is 0.244 e. The Bertz CT molecular complexity index is 488. The van der Waals surface area contributed by atoms with Gasteiger partial charge in [-0.15, -0.1) is 0 Å². The molecule has 0 aromatic carbocycles. The summed E-state index contributed by atoms with van der Waals surface area (Å²) < 4.78 is 26.5. The van der Waals surface area contributed by atoms with Crippen LogP contribution in [0, 0.1) is 0 Å². The first kappa shape index (κ1) is 14.4. The van der Waals surface area contributed by atoms with Crippen molar-refractivity contribution in [2.75, 3.05) is 6.61 Å². The van der Waals surface area contributed by atoms with Crippen LogP contribution >= 0.6 is 11.6 Å². The highest BCUT2D eigenvalue weighted by Crippen LogP contribution is 2.21. The third-order valence-corrected chi connectivity index (χ3v) is 4.34. The molecule has 0 bridgehead atoms. The summed E-state index contributed by atoms with van der Waals surface area (Å²) in [5.41, 5.74) is -0.743. The maximum atomic E-state index is 12.0. The van der Waals surface area contributed by atoms with Crippen LogP contribution in [0.4, 0.5) is 0 Å². The van der Waals surface area contributed by atoms with Crippen LogP contribution in [0.3, 0.4) is 0 Å². The van der Waals surface area contributed by atoms with E-state index in [1.165, 1.54) is 18.5 Å². The fourth-order valence-electron chi connectivity index (χ4n) is 1.31. The van der Waals surface area contributed by atoms with Crippen molar-refractivity contribution >= 4 is 21.6 Å². The minimum Gasteiger partial charge on any atom is -0.396 e. The van der Waals surface area contributed by atoms with Gasteiger partial charge in [0.2, 0.25) is 10.0 Å². The summed E-state index contributed by atoms with van der Waals surface area (Å²) in [4.78, 5) is 3.67. The first-order valence-electron chi connectivity index (χ1n) is 5.03. The van der Waals surface area contributed by atoms with Crippen molar-refractivity contribution < 1.29 is 13.5 Å². The largest absolute Gasteiger partial charge is 0.396 e. The van der Waals surface area contributed by atoms with Crippen LogP contribution < -0.4 is 4.72 Å². The average Bonchev–Trinajstić information content (AvgIpc) is 2.15. The number of nitrogens with one attached hydrogen (secondary N) is 1. The van der Waals surface area contributed by atoms with E-state index in [0.29, 0.717) is 6.42 Å². The summed E-state index contributed by atoms with van der Waals surface area (Å²) >= 11 is 5.81. The molecule has 0 aliphatic rings. The normalized spacial score (nSPS) is 12.7. The zero-order valence-electron chi connectivity index (χ0n) is 9.64. The van der Waals surface area contributed by atoms with Gasteiger partial charge in [0.05, 0.1) is 5.02 Å². The van der Waals surface area contributed by atoms with Gasteiger partial charge in [-0.25, -0.2) is 13.1 Å². The van der Waals surface area contributed by atoms with Gasteiger partial charge in [-0.2, -0.15) is 0 Å². The lowest BCUT2D eigenvalue weighted by Gasteiger charge is -2.25. The highest BCUT2D eigenvalue weighted by Gasteiger charge is 2.27. The molecule has 96 valence electrons. The second-order valence-electron chi connectivity index (χ2n) is 4.27. The van der Waals surface area contributed by atoms with Gasteiger partial charge in [0.25, 0.3) is 0 Å². The predicted octanol–water partition coefficient (Wildman–Crippen LogP) is 1.17. The number of hydrogen-bond donors (Lipinski definition) is 2. The maximum Gasteiger partial charge on any atom is 0.244 e. The Morgan fingerprint density at radius 2 is 2.18 bits per heavy atom. The molecule has 1 aromatic rings. The average molecular weight is 279 g/mol. The van der Waals surface area contributed by atoms with Crippen LogP contribution in [-0.4, -0.2) is 30.7 Å². The van der Waals surface area contributed by atoms with Crippen molar-refractivity contribution in [2.45, 2.75) is 30.7 Å². The van der Waals surface area contributed by atoms with Crippen molar-refractivity contribution in [3.05, 3.63) is 23.5 Å². The minimum absolute atomic E-state index is 0.0623. The van der Waals surface area contributed by atoms with E-state index in [-0.39, 0.29) is 16.5 Å². The van der Waals surface area contributed by atoms with Gasteiger partial charge in [0.1, 0.15) is 4.90 Å². The number of sulfonamides is 1. The lowest BCUT2D eigenvalue weighted by molar-refractivity contribution is 0.246. The van der Waals surface area contributed by atoms with Crippen molar-refractivity contribution in [1.29, 1.82) is 0 Å². The number of aromatic nitrogens is 1. The van der Waals surface area contributed by atoms with Crippen molar-refractivity contribution in [1.82, 2.24) is 9.71 Å². The quantitative estimate of drug-likeness (QED) is 0.847. The van der Waals surface area contributed by atoms with E-state index in [4.69, 9.17) is 16.7 Å². The first-order chi connectivity index (χ1) is 7.78. The molecule has 0 amide bonds. The van der Waals surface area contributed by atoms with E-state index in [9.17, 15) is 8.42 Å². The van der Waals surface area contributed by atoms with Crippen molar-refractivity contribution in [3.63, 3.8) is 0 Å². The molecule has 0 saturated heterocycles. The lowest BCUT2D eigenvalue weighted by atomic mass is 10.0. The molecule has 7 heteroatoms. The molecule has 2 N–H and O–H groups in total. The number of rotatable bonds is 5. The van der Waals surface area contributed by atoms with Gasteiger partial charge in [-0.05, 0) is 26.3 Å². The second-order valence-corrected chi connectivity index (χ2v) is 6.33. The molecule has 0 aliphatic heterocycles. The fraction of sp³-hybridized carbons (Fsp3) is 0.500. The van der Waals surface area contributed by atoms with Gasteiger partial charge in [-0.1, -0.05) is 11.6 Å². The van der Waals surface area contributed by atoms with Crippen LogP contribution in [0.5, 0.6) is 0 Å². The lowest BCUT2D eigenvalue weighted by Crippen LogP contribution is -2.44. The molecule has 1 aromatic heterocycles. The van der Waals surface area contributed by atoms with Crippen molar-refractivity contribution in [2.24, 2.45) is 0 Å². The third-order valence-electron chi connectivity index (χ3n) is 2.17. The molecule has 0 aliphatic carbocycles. The first-order valence-corrected chi connectivity index (χ1v) is 6.89. The number of aliphatic hydroxyl groups excluding tert-OH is 1. The number of nitrogens with zero attached hydrogens (tertiary/aromatic N) is 1. The summed E-state index contributed by atoms with van der Waals surface area (Å²) in [6, 6.07) is 1.41. The Morgan fingerprint density at radius 3 is 2.71 bits per heavy atom. The van der Waals surface area contributed by atoms with Crippen LogP contribution in [0.2, 0.25) is 5.02 Å². The summed E-state index contributed by atoms with van der Waals surface area (Å²) in [7, 11) is -3.73. The fourth-order valence-corrected chi connectivity index (χ4v) is 3.18. The van der Waals surface area contributed by atoms with Crippen LogP contribution in [0.1, 0.15) is 20.3 Å². The van der Waals surface area contributed by atoms with Crippen LogP contribution in [0.25, 0.3) is 0 Å². The van der Waals surface area contributed by atoms with Crippen molar-refractivity contribution in [3.8, 4) is 0 Å². The van der Waals surface area contributed by atoms with E-state index in [1.54, 1.807) is 13.8 Å². The summed E-state index contributed by atoms with van der Waals surface area (Å²) in [5.74, 6) is 0. The van der Waals surface area contributed by atoms with Gasteiger partial charge in [0, 0.05) is 24.5 Å². The number of hydrogen-bond acceptors (Lipinski definition) is 4. The van der Waals surface area contributed by atoms with Gasteiger partial charge in [0.15, 0.2) is 0 Å². The maximum absolute atomic E-state index is 12.0. The number of pyridine rings is 1. The van der Waals surface area contributed by atoms with E-state index in [2.05, 4.69) is 9.71 Å².